The van der Waals surface area contributed by atoms with Gasteiger partial charge < -0.3 is 19.5 Å². The number of carbonyl (C=O) groups is 2. The summed E-state index contributed by atoms with van der Waals surface area (Å²) in [6.07, 6.45) is -0.435. The van der Waals surface area contributed by atoms with Crippen LogP contribution in [0.25, 0.3) is 0 Å². The van der Waals surface area contributed by atoms with E-state index in [0.717, 1.165) is 5.56 Å². The van der Waals surface area contributed by atoms with Gasteiger partial charge in [0, 0.05) is 21.2 Å². The van der Waals surface area contributed by atoms with Crippen LogP contribution in [0.1, 0.15) is 27.9 Å². The number of aliphatic hydroxyl groups is 1. The van der Waals surface area contributed by atoms with Crippen LogP contribution < -0.4 is 14.4 Å². The number of ketones is 1. The zero-order chi connectivity index (χ0) is 23.2. The highest BCUT2D eigenvalue weighted by atomic mass is 35.5. The van der Waals surface area contributed by atoms with Gasteiger partial charge in [0.1, 0.15) is 13.2 Å². The topological polar surface area (TPSA) is 76.1 Å². The number of ether oxygens (including phenoxy) is 2. The summed E-state index contributed by atoms with van der Waals surface area (Å²) in [6.45, 7) is 1.04. The second-order valence-electron chi connectivity index (χ2n) is 8.00. The molecule has 3 aromatic rings. The summed E-state index contributed by atoms with van der Waals surface area (Å²) < 4.78 is 11.0. The molecule has 5 rings (SSSR count). The lowest BCUT2D eigenvalue weighted by Crippen LogP contribution is -2.41. The van der Waals surface area contributed by atoms with Crippen LogP contribution in [0.2, 0.25) is 10.0 Å². The number of benzene rings is 3. The van der Waals surface area contributed by atoms with E-state index in [0.29, 0.717) is 51.6 Å². The molecule has 1 amide bonds. The lowest BCUT2D eigenvalue weighted by atomic mass is 9.88. The van der Waals surface area contributed by atoms with E-state index < -0.39 is 23.7 Å². The molecule has 2 heterocycles. The maximum Gasteiger partial charge on any atom is 0.264 e. The average Bonchev–Trinajstić information content (AvgIpc) is 3.01. The van der Waals surface area contributed by atoms with Crippen LogP contribution in [0.5, 0.6) is 11.5 Å². The van der Waals surface area contributed by atoms with Gasteiger partial charge in [-0.15, -0.1) is 0 Å². The Kier molecular flexibility index (Phi) is 5.52. The summed E-state index contributed by atoms with van der Waals surface area (Å²) >= 11 is 12.2. The van der Waals surface area contributed by atoms with E-state index >= 15 is 0 Å². The molecule has 33 heavy (non-hydrogen) atoms. The summed E-state index contributed by atoms with van der Waals surface area (Å²) in [7, 11) is 0. The third-order valence-corrected chi connectivity index (χ3v) is 6.32. The van der Waals surface area contributed by atoms with Gasteiger partial charge in [-0.3, -0.25) is 9.59 Å². The fraction of sp³-hybridized carbons (Fsp3) is 0.200. The molecular weight excluding hydrogens is 465 g/mol. The third kappa shape index (κ3) is 3.95. The zero-order valence-corrected chi connectivity index (χ0v) is 18.9. The van der Waals surface area contributed by atoms with Crippen molar-refractivity contribution in [3.63, 3.8) is 0 Å². The summed E-state index contributed by atoms with van der Waals surface area (Å²) in [4.78, 5) is 28.1. The Morgan fingerprint density at radius 1 is 0.939 bits per heavy atom. The van der Waals surface area contributed by atoms with Crippen molar-refractivity contribution in [2.24, 2.45) is 0 Å². The first kappa shape index (κ1) is 21.8. The lowest BCUT2D eigenvalue weighted by Gasteiger charge is -2.23. The first-order valence-corrected chi connectivity index (χ1v) is 11.1. The number of rotatable bonds is 5. The van der Waals surface area contributed by atoms with Crippen molar-refractivity contribution in [2.75, 3.05) is 18.1 Å². The van der Waals surface area contributed by atoms with Gasteiger partial charge in [-0.2, -0.15) is 0 Å². The van der Waals surface area contributed by atoms with Gasteiger partial charge in [0.25, 0.3) is 5.91 Å². The molecule has 0 saturated carbocycles. The predicted molar refractivity (Wildman–Crippen MR) is 124 cm³/mol. The van der Waals surface area contributed by atoms with Crippen molar-refractivity contribution in [1.29, 1.82) is 0 Å². The molecule has 0 unspecified atom stereocenters. The molecule has 1 N–H and O–H groups in total. The van der Waals surface area contributed by atoms with Gasteiger partial charge in [-0.05, 0) is 54.1 Å². The fourth-order valence-corrected chi connectivity index (χ4v) is 4.47. The minimum Gasteiger partial charge on any atom is -0.486 e. The summed E-state index contributed by atoms with van der Waals surface area (Å²) in [5.74, 6) is 0.0343. The number of nitrogens with zero attached hydrogens (tertiary/aromatic N) is 1. The molecule has 6 nitrogen and oxygen atoms in total. The number of amides is 1. The summed E-state index contributed by atoms with van der Waals surface area (Å²) in [6, 6.07) is 16.8. The van der Waals surface area contributed by atoms with Gasteiger partial charge in [-0.1, -0.05) is 35.3 Å². The Hall–Kier alpha value is -3.06. The maximum absolute atomic E-state index is 13.5. The number of fused-ring (bicyclic) bond motifs is 2. The van der Waals surface area contributed by atoms with Crippen molar-refractivity contribution in [3.05, 3.63) is 87.4 Å². The van der Waals surface area contributed by atoms with E-state index in [-0.39, 0.29) is 6.54 Å². The van der Waals surface area contributed by atoms with Crippen LogP contribution in [0.3, 0.4) is 0 Å². The average molecular weight is 484 g/mol. The van der Waals surface area contributed by atoms with Crippen molar-refractivity contribution in [2.45, 2.75) is 18.6 Å². The summed E-state index contributed by atoms with van der Waals surface area (Å²) in [5.41, 5.74) is -0.0789. The van der Waals surface area contributed by atoms with Gasteiger partial charge in [0.2, 0.25) is 0 Å². The molecule has 0 saturated heterocycles. The Labute approximate surface area is 200 Å². The van der Waals surface area contributed by atoms with Crippen LogP contribution in [0.15, 0.2) is 60.7 Å². The zero-order valence-electron chi connectivity index (χ0n) is 17.4. The Balaban J connectivity index is 1.47. The maximum atomic E-state index is 13.5. The first-order chi connectivity index (χ1) is 15.8. The highest BCUT2D eigenvalue weighted by Crippen LogP contribution is 2.45. The van der Waals surface area contributed by atoms with E-state index in [1.807, 2.05) is 12.1 Å². The molecule has 0 bridgehead atoms. The Morgan fingerprint density at radius 3 is 2.39 bits per heavy atom. The van der Waals surface area contributed by atoms with Crippen LogP contribution >= 0.6 is 23.2 Å². The van der Waals surface area contributed by atoms with Gasteiger partial charge in [-0.25, -0.2) is 0 Å². The van der Waals surface area contributed by atoms with Gasteiger partial charge in [0.15, 0.2) is 22.9 Å². The molecule has 2 aliphatic heterocycles. The largest absolute Gasteiger partial charge is 0.486 e. The van der Waals surface area contributed by atoms with Crippen molar-refractivity contribution < 1.29 is 24.2 Å². The molecule has 0 aliphatic carbocycles. The molecule has 1 atom stereocenters. The minimum absolute atomic E-state index is 0.213. The second kappa shape index (κ2) is 8.37. The molecule has 168 valence electrons. The fourth-order valence-electron chi connectivity index (χ4n) is 4.17. The Morgan fingerprint density at radius 2 is 1.64 bits per heavy atom. The normalized spacial score (nSPS) is 18.9. The smallest absolute Gasteiger partial charge is 0.264 e. The number of hydrogen-bond donors (Lipinski definition) is 1. The standard InChI is InChI=1S/C25H19Cl2NO5/c26-17-4-1-15(2-5-17)14-28-20-7-6-18(27)12-19(20)25(31,24(28)30)13-21(29)16-3-8-22-23(11-16)33-10-9-32-22/h1-8,11-12,31H,9-10,13-14H2/t25-/m1/s1. The third-order valence-electron chi connectivity index (χ3n) is 5.83. The predicted octanol–water partition coefficient (Wildman–Crippen LogP) is 4.77. The number of carbonyl (C=O) groups excluding carboxylic acids is 2. The molecule has 2 aliphatic rings. The lowest BCUT2D eigenvalue weighted by molar-refractivity contribution is -0.136. The SMILES string of the molecule is O=C(C[C@]1(O)C(=O)N(Cc2ccc(Cl)cc2)c2ccc(Cl)cc21)c1ccc2c(c1)OCCO2. The summed E-state index contributed by atoms with van der Waals surface area (Å²) in [5, 5.41) is 12.5. The number of hydrogen-bond acceptors (Lipinski definition) is 5. The van der Waals surface area contributed by atoms with Gasteiger partial charge >= 0.3 is 0 Å². The number of halogens is 2. The first-order valence-electron chi connectivity index (χ1n) is 10.4. The quantitative estimate of drug-likeness (QED) is 0.528. The number of anilines is 1. The molecule has 0 aromatic heterocycles. The highest BCUT2D eigenvalue weighted by molar-refractivity contribution is 6.31. The van der Waals surface area contributed by atoms with Crippen LogP contribution in [-0.2, 0) is 16.9 Å². The van der Waals surface area contributed by atoms with Gasteiger partial charge in [0.05, 0.1) is 18.7 Å². The van der Waals surface area contributed by atoms with Crippen molar-refractivity contribution >= 4 is 40.6 Å². The minimum atomic E-state index is -2.04. The second-order valence-corrected chi connectivity index (χ2v) is 8.87. The highest BCUT2D eigenvalue weighted by Gasteiger charge is 2.51. The van der Waals surface area contributed by atoms with Crippen LogP contribution in [-0.4, -0.2) is 30.0 Å². The molecule has 0 radical (unpaired) electrons. The molecule has 3 aromatic carbocycles. The van der Waals surface area contributed by atoms with Crippen LogP contribution in [0.4, 0.5) is 5.69 Å². The molecule has 0 fully saturated rings. The Bertz CT molecular complexity index is 1260. The van der Waals surface area contributed by atoms with Crippen molar-refractivity contribution in [1.82, 2.24) is 0 Å². The van der Waals surface area contributed by atoms with Crippen molar-refractivity contribution in [3.8, 4) is 11.5 Å². The molecule has 0 spiro atoms. The van der Waals surface area contributed by atoms with E-state index in [9.17, 15) is 14.7 Å². The van der Waals surface area contributed by atoms with E-state index in [4.69, 9.17) is 32.7 Å². The van der Waals surface area contributed by atoms with Crippen LogP contribution in [0, 0.1) is 0 Å². The van der Waals surface area contributed by atoms with E-state index in [2.05, 4.69) is 0 Å². The number of Topliss-reactive ketones (excluding diaryl/α,β-unsaturated/α-hetero) is 1. The molecular formula is C25H19Cl2NO5. The van der Waals surface area contributed by atoms with E-state index in [1.54, 1.807) is 42.5 Å². The monoisotopic (exact) mass is 483 g/mol. The van der Waals surface area contributed by atoms with E-state index in [1.165, 1.54) is 11.0 Å². The molecule has 8 heteroatoms.